The molecule has 3 aromatic rings. The first-order chi connectivity index (χ1) is 12.8. The number of aromatic amines is 1. The molecule has 1 atom stereocenters. The van der Waals surface area contributed by atoms with E-state index in [0.717, 1.165) is 0 Å². The van der Waals surface area contributed by atoms with E-state index in [-0.39, 0.29) is 30.0 Å². The molecule has 1 aliphatic rings. The molecule has 4 rings (SSSR count). The highest BCUT2D eigenvalue weighted by Gasteiger charge is 2.37. The summed E-state index contributed by atoms with van der Waals surface area (Å²) < 4.78 is 39.0. The largest absolute Gasteiger partial charge is 0.358 e. The van der Waals surface area contributed by atoms with Crippen LogP contribution in [0.1, 0.15) is 37.3 Å². The lowest BCUT2D eigenvalue weighted by Gasteiger charge is -2.28. The molecule has 0 bridgehead atoms. The van der Waals surface area contributed by atoms with Crippen molar-refractivity contribution in [1.82, 2.24) is 9.97 Å². The van der Waals surface area contributed by atoms with E-state index >= 15 is 0 Å². The van der Waals surface area contributed by atoms with Crippen LogP contribution in [0.3, 0.4) is 0 Å². The Labute approximate surface area is 159 Å². The number of nitrogens with one attached hydrogen (secondary N) is 1. The summed E-state index contributed by atoms with van der Waals surface area (Å²) in [6, 6.07) is 8.95. The second-order valence-electron chi connectivity index (χ2n) is 6.60. The van der Waals surface area contributed by atoms with Gasteiger partial charge >= 0.3 is 0 Å². The highest BCUT2D eigenvalue weighted by atomic mass is 35.5. The standard InChI is InChI=1S/C14H14F2N2O.C6H4ClF/c15-14(16)4-1-2-9(7-14)12-6-13(19)10-8-17-5-3-11(10)18-12;7-5-2-1-3-6(8)4-5/h3,5-6,8-9H,1-2,4,7H2,(H,18,19);1-4H/t9-;/m0./s1. The Morgan fingerprint density at radius 2 is 2.04 bits per heavy atom. The van der Waals surface area contributed by atoms with Crippen LogP contribution in [0.2, 0.25) is 5.02 Å². The summed E-state index contributed by atoms with van der Waals surface area (Å²) in [5.41, 5.74) is 1.11. The summed E-state index contributed by atoms with van der Waals surface area (Å²) in [5.74, 6) is -3.18. The van der Waals surface area contributed by atoms with Crippen LogP contribution >= 0.6 is 11.6 Å². The topological polar surface area (TPSA) is 45.8 Å². The number of hydrogen-bond acceptors (Lipinski definition) is 2. The van der Waals surface area contributed by atoms with Crippen LogP contribution in [-0.4, -0.2) is 15.9 Å². The van der Waals surface area contributed by atoms with Crippen molar-refractivity contribution in [3.63, 3.8) is 0 Å². The van der Waals surface area contributed by atoms with Gasteiger partial charge in [-0.15, -0.1) is 0 Å². The average Bonchev–Trinajstić information content (AvgIpc) is 2.61. The Morgan fingerprint density at radius 3 is 2.70 bits per heavy atom. The molecule has 0 aliphatic heterocycles. The molecule has 142 valence electrons. The van der Waals surface area contributed by atoms with E-state index < -0.39 is 5.92 Å². The lowest BCUT2D eigenvalue weighted by Crippen LogP contribution is -2.26. The van der Waals surface area contributed by atoms with Gasteiger partial charge in [0.15, 0.2) is 5.43 Å². The number of fused-ring (bicyclic) bond motifs is 1. The van der Waals surface area contributed by atoms with Crippen molar-refractivity contribution in [2.75, 3.05) is 0 Å². The molecule has 7 heteroatoms. The van der Waals surface area contributed by atoms with Gasteiger partial charge in [0.05, 0.1) is 10.9 Å². The molecule has 1 aliphatic carbocycles. The van der Waals surface area contributed by atoms with Crippen molar-refractivity contribution in [1.29, 1.82) is 0 Å². The molecule has 0 spiro atoms. The first-order valence-corrected chi connectivity index (χ1v) is 8.98. The summed E-state index contributed by atoms with van der Waals surface area (Å²) in [4.78, 5) is 19.0. The first-order valence-electron chi connectivity index (χ1n) is 8.60. The number of rotatable bonds is 1. The Kier molecular flexibility index (Phi) is 5.85. The normalized spacial score (nSPS) is 18.6. The van der Waals surface area contributed by atoms with E-state index in [4.69, 9.17) is 11.6 Å². The van der Waals surface area contributed by atoms with E-state index in [1.807, 2.05) is 0 Å². The van der Waals surface area contributed by atoms with E-state index in [9.17, 15) is 18.0 Å². The Morgan fingerprint density at radius 1 is 1.22 bits per heavy atom. The highest BCUT2D eigenvalue weighted by molar-refractivity contribution is 6.30. The maximum Gasteiger partial charge on any atom is 0.248 e. The van der Waals surface area contributed by atoms with E-state index in [2.05, 4.69) is 9.97 Å². The third kappa shape index (κ3) is 5.10. The van der Waals surface area contributed by atoms with Crippen molar-refractivity contribution in [3.8, 4) is 0 Å². The number of aromatic nitrogens is 2. The summed E-state index contributed by atoms with van der Waals surface area (Å²) in [6.07, 6.45) is 4.03. The van der Waals surface area contributed by atoms with Crippen LogP contribution in [0.25, 0.3) is 10.9 Å². The fourth-order valence-corrected chi connectivity index (χ4v) is 3.40. The molecule has 1 N–H and O–H groups in total. The Hall–Kier alpha value is -2.34. The summed E-state index contributed by atoms with van der Waals surface area (Å²) in [6.45, 7) is 0. The van der Waals surface area contributed by atoms with Crippen molar-refractivity contribution in [2.24, 2.45) is 0 Å². The number of benzene rings is 1. The van der Waals surface area contributed by atoms with Crippen molar-refractivity contribution in [2.45, 2.75) is 37.5 Å². The zero-order chi connectivity index (χ0) is 19.4. The highest BCUT2D eigenvalue weighted by Crippen LogP contribution is 2.41. The van der Waals surface area contributed by atoms with Gasteiger partial charge in [0.1, 0.15) is 5.82 Å². The number of hydrogen-bond donors (Lipinski definition) is 1. The molecular formula is C20H18ClF3N2O. The monoisotopic (exact) mass is 394 g/mol. The summed E-state index contributed by atoms with van der Waals surface area (Å²) >= 11 is 5.40. The van der Waals surface area contributed by atoms with Gasteiger partial charge in [-0.1, -0.05) is 17.7 Å². The third-order valence-corrected chi connectivity index (χ3v) is 4.75. The van der Waals surface area contributed by atoms with E-state index in [1.54, 1.807) is 24.4 Å². The quantitative estimate of drug-likeness (QED) is 0.575. The van der Waals surface area contributed by atoms with Crippen molar-refractivity contribution >= 4 is 22.5 Å². The molecule has 1 fully saturated rings. The summed E-state index contributed by atoms with van der Waals surface area (Å²) in [7, 11) is 0. The Bertz CT molecular complexity index is 973. The predicted molar refractivity (Wildman–Crippen MR) is 99.9 cm³/mol. The minimum absolute atomic E-state index is 0.0504. The van der Waals surface area contributed by atoms with Crippen LogP contribution in [0, 0.1) is 5.82 Å². The minimum atomic E-state index is -2.62. The molecule has 0 unspecified atom stereocenters. The molecule has 0 radical (unpaired) electrons. The zero-order valence-electron chi connectivity index (χ0n) is 14.4. The maximum atomic E-state index is 13.5. The van der Waals surface area contributed by atoms with E-state index in [0.29, 0.717) is 34.5 Å². The molecule has 1 aromatic carbocycles. The number of pyridine rings is 2. The number of halogens is 4. The molecule has 0 saturated heterocycles. The van der Waals surface area contributed by atoms with Gasteiger partial charge in [-0.05, 0) is 37.1 Å². The van der Waals surface area contributed by atoms with Gasteiger partial charge in [-0.3, -0.25) is 9.78 Å². The number of nitrogens with zero attached hydrogens (tertiary/aromatic N) is 1. The molecular weight excluding hydrogens is 377 g/mol. The SMILES string of the molecule is Fc1cccc(Cl)c1.O=c1cc([C@H]2CCCC(F)(F)C2)[nH]c2ccncc12. The second-order valence-corrected chi connectivity index (χ2v) is 7.04. The molecule has 3 nitrogen and oxygen atoms in total. The Balaban J connectivity index is 0.000000221. The minimum Gasteiger partial charge on any atom is -0.358 e. The average molecular weight is 395 g/mol. The zero-order valence-corrected chi connectivity index (χ0v) is 15.1. The van der Waals surface area contributed by atoms with Gasteiger partial charge in [-0.2, -0.15) is 0 Å². The number of H-pyrrole nitrogens is 1. The van der Waals surface area contributed by atoms with Crippen molar-refractivity contribution < 1.29 is 13.2 Å². The van der Waals surface area contributed by atoms with Crippen LogP contribution in [0.5, 0.6) is 0 Å². The molecule has 1 saturated carbocycles. The lowest BCUT2D eigenvalue weighted by molar-refractivity contribution is -0.0412. The van der Waals surface area contributed by atoms with Gasteiger partial charge in [0.25, 0.3) is 0 Å². The molecule has 0 amide bonds. The number of alkyl halides is 2. The van der Waals surface area contributed by atoms with E-state index in [1.165, 1.54) is 24.4 Å². The third-order valence-electron chi connectivity index (χ3n) is 4.52. The van der Waals surface area contributed by atoms with Crippen LogP contribution in [-0.2, 0) is 0 Å². The predicted octanol–water partition coefficient (Wildman–Crippen LogP) is 5.70. The summed E-state index contributed by atoms with van der Waals surface area (Å²) in [5, 5.41) is 0.929. The van der Waals surface area contributed by atoms with Gasteiger partial charge in [-0.25, -0.2) is 13.2 Å². The molecule has 27 heavy (non-hydrogen) atoms. The van der Waals surface area contributed by atoms with Crippen LogP contribution < -0.4 is 5.43 Å². The first kappa shape index (κ1) is 19.4. The van der Waals surface area contributed by atoms with Crippen molar-refractivity contribution in [3.05, 3.63) is 75.5 Å². The van der Waals surface area contributed by atoms with Crippen LogP contribution in [0.4, 0.5) is 13.2 Å². The van der Waals surface area contributed by atoms with Gasteiger partial charge < -0.3 is 4.98 Å². The molecule has 2 aromatic heterocycles. The van der Waals surface area contributed by atoms with Gasteiger partial charge in [0, 0.05) is 47.9 Å². The van der Waals surface area contributed by atoms with Gasteiger partial charge in [0.2, 0.25) is 5.92 Å². The van der Waals surface area contributed by atoms with Crippen LogP contribution in [0.15, 0.2) is 53.6 Å². The lowest BCUT2D eigenvalue weighted by atomic mass is 9.84. The molecule has 2 heterocycles. The maximum absolute atomic E-state index is 13.5. The fraction of sp³-hybridized carbons (Fsp3) is 0.300. The second kappa shape index (κ2) is 8.13. The smallest absolute Gasteiger partial charge is 0.248 e. The fourth-order valence-electron chi connectivity index (χ4n) is 3.23.